The molecule has 0 saturated carbocycles. The Kier molecular flexibility index (Phi) is 3.00. The minimum atomic E-state index is -0.341. The zero-order valence-corrected chi connectivity index (χ0v) is 8.96. The molecule has 1 aromatic carbocycles. The summed E-state index contributed by atoms with van der Waals surface area (Å²) in [4.78, 5) is 14.9. The molecule has 0 amide bonds. The van der Waals surface area contributed by atoms with Crippen molar-refractivity contribution >= 4 is 0 Å². The highest BCUT2D eigenvalue weighted by atomic mass is 16.5. The van der Waals surface area contributed by atoms with Crippen LogP contribution in [0.1, 0.15) is 5.56 Å². The molecule has 0 aliphatic rings. The Bertz CT molecular complexity index is 520. The third-order valence-electron chi connectivity index (χ3n) is 2.25. The highest BCUT2D eigenvalue weighted by molar-refractivity contribution is 5.17. The van der Waals surface area contributed by atoms with E-state index < -0.39 is 0 Å². The Labute approximate surface area is 93.1 Å². The van der Waals surface area contributed by atoms with Gasteiger partial charge in [-0.15, -0.1) is 0 Å². The van der Waals surface area contributed by atoms with Gasteiger partial charge in [0.25, 0.3) is 0 Å². The maximum Gasteiger partial charge on any atom is 0.314 e. The van der Waals surface area contributed by atoms with Crippen molar-refractivity contribution < 1.29 is 4.74 Å². The van der Waals surface area contributed by atoms with Crippen molar-refractivity contribution in [1.82, 2.24) is 9.55 Å². The summed E-state index contributed by atoms with van der Waals surface area (Å²) in [6.45, 7) is 0.671. The van der Waals surface area contributed by atoms with Crippen molar-refractivity contribution in [3.8, 4) is 5.75 Å². The molecule has 1 heterocycles. The summed E-state index contributed by atoms with van der Waals surface area (Å²) in [5.41, 5.74) is 0.807. The molecule has 0 aliphatic heterocycles. The fourth-order valence-electron chi connectivity index (χ4n) is 1.45. The lowest BCUT2D eigenvalue weighted by atomic mass is 10.2. The molecule has 0 N–H and O–H groups in total. The molecule has 2 aromatic rings. The third kappa shape index (κ3) is 2.28. The molecule has 82 valence electrons. The lowest BCUT2D eigenvalue weighted by Crippen LogP contribution is -2.13. The number of benzene rings is 1. The van der Waals surface area contributed by atoms with E-state index in [0.717, 1.165) is 5.56 Å². The van der Waals surface area contributed by atoms with Gasteiger partial charge in [-0.1, -0.05) is 30.3 Å². The van der Waals surface area contributed by atoms with Crippen LogP contribution in [0.4, 0.5) is 0 Å². The first kappa shape index (κ1) is 10.4. The van der Waals surface area contributed by atoms with E-state index in [2.05, 4.69) is 4.98 Å². The second-order valence-corrected chi connectivity index (χ2v) is 3.41. The topological polar surface area (TPSA) is 44.1 Å². The first-order valence-electron chi connectivity index (χ1n) is 4.93. The molecule has 0 unspecified atom stereocenters. The van der Waals surface area contributed by atoms with E-state index >= 15 is 0 Å². The van der Waals surface area contributed by atoms with E-state index in [-0.39, 0.29) is 11.3 Å². The van der Waals surface area contributed by atoms with Crippen molar-refractivity contribution in [2.45, 2.75) is 6.54 Å². The minimum absolute atomic E-state index is 0.262. The van der Waals surface area contributed by atoms with Gasteiger partial charge < -0.3 is 9.30 Å². The van der Waals surface area contributed by atoms with E-state index in [1.807, 2.05) is 34.9 Å². The molecule has 0 bridgehead atoms. The summed E-state index contributed by atoms with van der Waals surface area (Å²) in [6, 6.07) is 9.95. The molecule has 2 rings (SSSR count). The average Bonchev–Trinajstić information content (AvgIpc) is 2.33. The van der Waals surface area contributed by atoms with Crippen LogP contribution in [0, 0.1) is 0 Å². The quantitative estimate of drug-likeness (QED) is 0.776. The molecular formula is C12H12N2O2. The smallest absolute Gasteiger partial charge is 0.314 e. The second-order valence-electron chi connectivity index (χ2n) is 3.41. The van der Waals surface area contributed by atoms with Crippen LogP contribution in [0.5, 0.6) is 5.75 Å². The molecule has 0 spiro atoms. The SMILES string of the molecule is COc1cn(Cc2ccccc2)cnc1=O. The molecule has 4 nitrogen and oxygen atoms in total. The average molecular weight is 216 g/mol. The minimum Gasteiger partial charge on any atom is -0.490 e. The number of aromatic nitrogens is 2. The maximum absolute atomic E-state index is 11.2. The third-order valence-corrected chi connectivity index (χ3v) is 2.25. The fraction of sp³-hybridized carbons (Fsp3) is 0.167. The van der Waals surface area contributed by atoms with Crippen molar-refractivity contribution in [2.24, 2.45) is 0 Å². The van der Waals surface area contributed by atoms with E-state index in [1.165, 1.54) is 13.4 Å². The van der Waals surface area contributed by atoms with E-state index in [9.17, 15) is 4.79 Å². The Morgan fingerprint density at radius 1 is 1.31 bits per heavy atom. The van der Waals surface area contributed by atoms with Crippen molar-refractivity contribution in [1.29, 1.82) is 0 Å². The Hall–Kier alpha value is -2.10. The summed E-state index contributed by atoms with van der Waals surface area (Å²) in [5.74, 6) is 0.262. The van der Waals surface area contributed by atoms with Gasteiger partial charge in [0.2, 0.25) is 5.75 Å². The van der Waals surface area contributed by atoms with Crippen LogP contribution in [0.2, 0.25) is 0 Å². The number of ether oxygens (including phenoxy) is 1. The maximum atomic E-state index is 11.2. The summed E-state index contributed by atoms with van der Waals surface area (Å²) in [7, 11) is 1.46. The van der Waals surface area contributed by atoms with Gasteiger partial charge in [-0.2, -0.15) is 4.98 Å². The molecule has 0 atom stereocenters. The Morgan fingerprint density at radius 3 is 2.75 bits per heavy atom. The molecule has 0 fully saturated rings. The predicted octanol–water partition coefficient (Wildman–Crippen LogP) is 1.30. The van der Waals surface area contributed by atoms with Gasteiger partial charge in [0.05, 0.1) is 19.6 Å². The molecule has 1 aromatic heterocycles. The van der Waals surface area contributed by atoms with E-state index in [4.69, 9.17) is 4.74 Å². The first-order valence-corrected chi connectivity index (χ1v) is 4.93. The number of hydrogen-bond donors (Lipinski definition) is 0. The molecular weight excluding hydrogens is 204 g/mol. The Balaban J connectivity index is 2.26. The van der Waals surface area contributed by atoms with Crippen LogP contribution in [-0.2, 0) is 6.54 Å². The highest BCUT2D eigenvalue weighted by Crippen LogP contribution is 2.04. The zero-order valence-electron chi connectivity index (χ0n) is 8.96. The number of methoxy groups -OCH3 is 1. The standard InChI is InChI=1S/C12H12N2O2/c1-16-11-8-14(9-13-12(11)15)7-10-5-3-2-4-6-10/h2-6,8-9H,7H2,1H3. The fourth-order valence-corrected chi connectivity index (χ4v) is 1.45. The van der Waals surface area contributed by atoms with Crippen LogP contribution in [0.15, 0.2) is 47.7 Å². The largest absolute Gasteiger partial charge is 0.490 e. The summed E-state index contributed by atoms with van der Waals surface area (Å²) in [5, 5.41) is 0. The normalized spacial score (nSPS) is 10.1. The van der Waals surface area contributed by atoms with Gasteiger partial charge in [0.15, 0.2) is 0 Å². The van der Waals surface area contributed by atoms with Crippen molar-refractivity contribution in [3.05, 3.63) is 58.8 Å². The molecule has 16 heavy (non-hydrogen) atoms. The Morgan fingerprint density at radius 2 is 2.06 bits per heavy atom. The second kappa shape index (κ2) is 4.61. The van der Waals surface area contributed by atoms with Crippen LogP contribution in [-0.4, -0.2) is 16.7 Å². The van der Waals surface area contributed by atoms with E-state index in [1.54, 1.807) is 6.20 Å². The van der Waals surface area contributed by atoms with Gasteiger partial charge in [0.1, 0.15) is 0 Å². The van der Waals surface area contributed by atoms with Gasteiger partial charge in [-0.25, -0.2) is 0 Å². The molecule has 0 radical (unpaired) electrons. The lowest BCUT2D eigenvalue weighted by Gasteiger charge is -2.06. The van der Waals surface area contributed by atoms with Gasteiger partial charge in [-0.05, 0) is 5.56 Å². The predicted molar refractivity (Wildman–Crippen MR) is 60.6 cm³/mol. The zero-order chi connectivity index (χ0) is 11.4. The van der Waals surface area contributed by atoms with Crippen LogP contribution < -0.4 is 10.3 Å². The number of hydrogen-bond acceptors (Lipinski definition) is 3. The van der Waals surface area contributed by atoms with Gasteiger partial charge in [0, 0.05) is 6.54 Å². The first-order chi connectivity index (χ1) is 7.79. The highest BCUT2D eigenvalue weighted by Gasteiger charge is 2.00. The monoisotopic (exact) mass is 216 g/mol. The molecule has 0 aliphatic carbocycles. The van der Waals surface area contributed by atoms with Crippen LogP contribution >= 0.6 is 0 Å². The summed E-state index contributed by atoms with van der Waals surface area (Å²) < 4.78 is 6.74. The number of nitrogens with zero attached hydrogens (tertiary/aromatic N) is 2. The molecule has 0 saturated heterocycles. The lowest BCUT2D eigenvalue weighted by molar-refractivity contribution is 0.402. The van der Waals surface area contributed by atoms with Crippen molar-refractivity contribution in [3.63, 3.8) is 0 Å². The van der Waals surface area contributed by atoms with Crippen LogP contribution in [0.25, 0.3) is 0 Å². The van der Waals surface area contributed by atoms with Gasteiger partial charge in [-0.3, -0.25) is 4.79 Å². The summed E-state index contributed by atoms with van der Waals surface area (Å²) >= 11 is 0. The van der Waals surface area contributed by atoms with Crippen molar-refractivity contribution in [2.75, 3.05) is 7.11 Å². The summed E-state index contributed by atoms with van der Waals surface area (Å²) in [6.07, 6.45) is 3.17. The van der Waals surface area contributed by atoms with E-state index in [0.29, 0.717) is 6.54 Å². The molecule has 4 heteroatoms. The van der Waals surface area contributed by atoms with Crippen LogP contribution in [0.3, 0.4) is 0 Å². The number of rotatable bonds is 3. The van der Waals surface area contributed by atoms with Gasteiger partial charge >= 0.3 is 5.56 Å².